The van der Waals surface area contributed by atoms with Crippen molar-refractivity contribution in [1.82, 2.24) is 4.98 Å². The Bertz CT molecular complexity index is 255. The zero-order valence-electron chi connectivity index (χ0n) is 6.62. The first-order chi connectivity index (χ1) is 5.90. The van der Waals surface area contributed by atoms with Crippen molar-refractivity contribution < 1.29 is 0 Å². The molecule has 0 saturated carbocycles. The van der Waals surface area contributed by atoms with E-state index >= 15 is 0 Å². The largest absolute Gasteiger partial charge is 0.244 e. The summed E-state index contributed by atoms with van der Waals surface area (Å²) in [5, 5.41) is 4.00. The maximum atomic E-state index is 5.68. The minimum atomic E-state index is 0.549. The van der Waals surface area contributed by atoms with E-state index in [1.165, 1.54) is 23.6 Å². The summed E-state index contributed by atoms with van der Waals surface area (Å²) in [6, 6.07) is 0. The van der Waals surface area contributed by atoms with E-state index in [1.807, 2.05) is 11.8 Å². The van der Waals surface area contributed by atoms with E-state index in [0.29, 0.717) is 11.1 Å². The highest BCUT2D eigenvalue weighted by Crippen LogP contribution is 2.40. The second-order valence-electron chi connectivity index (χ2n) is 2.81. The smallest absolute Gasteiger partial charge is 0.106 e. The van der Waals surface area contributed by atoms with Gasteiger partial charge in [0.1, 0.15) is 5.01 Å². The van der Waals surface area contributed by atoms with E-state index in [2.05, 4.69) is 10.4 Å². The van der Waals surface area contributed by atoms with Crippen molar-refractivity contribution in [3.63, 3.8) is 0 Å². The molecule has 0 radical (unpaired) electrons. The van der Waals surface area contributed by atoms with E-state index < -0.39 is 0 Å². The van der Waals surface area contributed by atoms with Crippen LogP contribution < -0.4 is 0 Å². The Morgan fingerprint density at radius 2 is 2.58 bits per heavy atom. The molecule has 1 atom stereocenters. The molecule has 1 saturated heterocycles. The lowest BCUT2D eigenvalue weighted by Gasteiger charge is -2.01. The molecule has 1 nitrogen and oxygen atoms in total. The molecule has 1 fully saturated rings. The number of alkyl halides is 1. The van der Waals surface area contributed by atoms with Gasteiger partial charge in [0, 0.05) is 5.38 Å². The van der Waals surface area contributed by atoms with Gasteiger partial charge in [-0.2, -0.15) is 11.8 Å². The molecule has 0 bridgehead atoms. The van der Waals surface area contributed by atoms with Crippen molar-refractivity contribution in [1.29, 1.82) is 0 Å². The van der Waals surface area contributed by atoms with Crippen LogP contribution in [0.25, 0.3) is 0 Å². The predicted octanol–water partition coefficient (Wildman–Crippen LogP) is 3.45. The minimum absolute atomic E-state index is 0.549. The molecule has 1 aliphatic heterocycles. The fraction of sp³-hybridized carbons (Fsp3) is 0.625. The van der Waals surface area contributed by atoms with Crippen LogP contribution in [0, 0.1) is 0 Å². The van der Waals surface area contributed by atoms with Crippen LogP contribution in [0.2, 0.25) is 0 Å². The number of thiazole rings is 1. The third-order valence-corrected chi connectivity index (χ3v) is 4.73. The third-order valence-electron chi connectivity index (χ3n) is 1.91. The molecule has 0 aromatic carbocycles. The Morgan fingerprint density at radius 3 is 3.17 bits per heavy atom. The summed E-state index contributed by atoms with van der Waals surface area (Å²) in [6.07, 6.45) is 2.63. The monoisotopic (exact) mass is 219 g/mol. The molecular weight excluding hydrogens is 210 g/mol. The van der Waals surface area contributed by atoms with Crippen LogP contribution in [0.15, 0.2) is 5.38 Å². The normalized spacial score (nSPS) is 23.2. The van der Waals surface area contributed by atoms with Crippen molar-refractivity contribution in [2.24, 2.45) is 0 Å². The molecule has 12 heavy (non-hydrogen) atoms. The second kappa shape index (κ2) is 3.99. The number of hydrogen-bond donors (Lipinski definition) is 0. The molecule has 1 aromatic heterocycles. The van der Waals surface area contributed by atoms with Gasteiger partial charge in [0.15, 0.2) is 0 Å². The van der Waals surface area contributed by atoms with Crippen LogP contribution in [0.1, 0.15) is 28.8 Å². The van der Waals surface area contributed by atoms with Crippen LogP contribution >= 0.6 is 34.7 Å². The molecule has 4 heteroatoms. The Balaban J connectivity index is 2.11. The predicted molar refractivity (Wildman–Crippen MR) is 56.1 cm³/mol. The Kier molecular flexibility index (Phi) is 2.94. The van der Waals surface area contributed by atoms with Crippen LogP contribution in [0.3, 0.4) is 0 Å². The van der Waals surface area contributed by atoms with E-state index in [9.17, 15) is 0 Å². The van der Waals surface area contributed by atoms with Crippen molar-refractivity contribution in [2.75, 3.05) is 5.75 Å². The van der Waals surface area contributed by atoms with Crippen molar-refractivity contribution in [3.8, 4) is 0 Å². The molecule has 1 aliphatic rings. The summed E-state index contributed by atoms with van der Waals surface area (Å²) < 4.78 is 0. The molecule has 0 N–H and O–H groups in total. The zero-order chi connectivity index (χ0) is 8.39. The number of aromatic nitrogens is 1. The van der Waals surface area contributed by atoms with Crippen LogP contribution in [-0.4, -0.2) is 10.7 Å². The van der Waals surface area contributed by atoms with Gasteiger partial charge in [-0.15, -0.1) is 22.9 Å². The van der Waals surface area contributed by atoms with Gasteiger partial charge in [-0.1, -0.05) is 0 Å². The lowest BCUT2D eigenvalue weighted by molar-refractivity contribution is 0.820. The van der Waals surface area contributed by atoms with E-state index in [1.54, 1.807) is 11.3 Å². The first-order valence-corrected chi connectivity index (χ1v) is 6.48. The number of rotatable bonds is 2. The summed E-state index contributed by atoms with van der Waals surface area (Å²) in [7, 11) is 0. The topological polar surface area (TPSA) is 12.9 Å². The maximum Gasteiger partial charge on any atom is 0.106 e. The molecule has 2 rings (SSSR count). The van der Waals surface area contributed by atoms with Gasteiger partial charge in [-0.05, 0) is 18.6 Å². The quantitative estimate of drug-likeness (QED) is 0.707. The van der Waals surface area contributed by atoms with E-state index in [4.69, 9.17) is 11.6 Å². The van der Waals surface area contributed by atoms with Gasteiger partial charge in [0.05, 0.1) is 16.8 Å². The Labute approximate surface area is 85.5 Å². The lowest BCUT2D eigenvalue weighted by Crippen LogP contribution is -1.87. The van der Waals surface area contributed by atoms with Gasteiger partial charge in [0.2, 0.25) is 0 Å². The summed E-state index contributed by atoms with van der Waals surface area (Å²) in [4.78, 5) is 4.48. The molecule has 0 spiro atoms. The van der Waals surface area contributed by atoms with Crippen molar-refractivity contribution in [3.05, 3.63) is 16.1 Å². The standard InChI is InChI=1S/C8H10ClNS2/c9-4-6-5-12-8(10-6)7-2-1-3-11-7/h5,7H,1-4H2. The van der Waals surface area contributed by atoms with Gasteiger partial charge < -0.3 is 0 Å². The Morgan fingerprint density at radius 1 is 1.67 bits per heavy atom. The summed E-state index contributed by atoms with van der Waals surface area (Å²) in [5.41, 5.74) is 1.03. The molecule has 0 amide bonds. The summed E-state index contributed by atoms with van der Waals surface area (Å²) in [6.45, 7) is 0. The van der Waals surface area contributed by atoms with Gasteiger partial charge in [-0.25, -0.2) is 4.98 Å². The first-order valence-electron chi connectivity index (χ1n) is 4.02. The summed E-state index contributed by atoms with van der Waals surface area (Å²) in [5.74, 6) is 1.84. The van der Waals surface area contributed by atoms with E-state index in [-0.39, 0.29) is 0 Å². The Hall–Kier alpha value is 0.270. The lowest BCUT2D eigenvalue weighted by atomic mass is 10.3. The molecule has 66 valence electrons. The summed E-state index contributed by atoms with van der Waals surface area (Å²) >= 11 is 9.46. The molecule has 1 aromatic rings. The fourth-order valence-electron chi connectivity index (χ4n) is 1.30. The fourth-order valence-corrected chi connectivity index (χ4v) is 3.88. The van der Waals surface area contributed by atoms with E-state index in [0.717, 1.165) is 5.69 Å². The SMILES string of the molecule is ClCc1csc(C2CCCS2)n1. The van der Waals surface area contributed by atoms with Crippen LogP contribution in [0.4, 0.5) is 0 Å². The number of hydrogen-bond acceptors (Lipinski definition) is 3. The highest BCUT2D eigenvalue weighted by Gasteiger charge is 2.20. The minimum Gasteiger partial charge on any atom is -0.244 e. The molecule has 1 unspecified atom stereocenters. The highest BCUT2D eigenvalue weighted by molar-refractivity contribution is 7.99. The van der Waals surface area contributed by atoms with Gasteiger partial charge in [-0.3, -0.25) is 0 Å². The van der Waals surface area contributed by atoms with Crippen molar-refractivity contribution >= 4 is 34.7 Å². The number of thioether (sulfide) groups is 1. The van der Waals surface area contributed by atoms with Gasteiger partial charge in [0.25, 0.3) is 0 Å². The zero-order valence-corrected chi connectivity index (χ0v) is 9.01. The van der Waals surface area contributed by atoms with Crippen LogP contribution in [-0.2, 0) is 5.88 Å². The number of nitrogens with zero attached hydrogens (tertiary/aromatic N) is 1. The highest BCUT2D eigenvalue weighted by atomic mass is 35.5. The third kappa shape index (κ3) is 1.78. The first kappa shape index (κ1) is 8.85. The average Bonchev–Trinajstić information content (AvgIpc) is 2.75. The maximum absolute atomic E-state index is 5.68. The van der Waals surface area contributed by atoms with Gasteiger partial charge >= 0.3 is 0 Å². The van der Waals surface area contributed by atoms with Crippen molar-refractivity contribution in [2.45, 2.75) is 24.0 Å². The number of halogens is 1. The molecule has 2 heterocycles. The molecule has 0 aliphatic carbocycles. The average molecular weight is 220 g/mol. The molecular formula is C8H10ClNS2. The van der Waals surface area contributed by atoms with Crippen LogP contribution in [0.5, 0.6) is 0 Å². The second-order valence-corrected chi connectivity index (χ2v) is 5.28.